The molecule has 0 heterocycles. The number of benzene rings is 2. The minimum Gasteiger partial charge on any atom is -0.427 e. The van der Waals surface area contributed by atoms with Crippen LogP contribution in [0.2, 0.25) is 0 Å². The molecule has 2 aromatic rings. The summed E-state index contributed by atoms with van der Waals surface area (Å²) in [5.41, 5.74) is 0.964. The van der Waals surface area contributed by atoms with E-state index in [1.165, 1.54) is 0 Å². The van der Waals surface area contributed by atoms with Crippen molar-refractivity contribution in [2.45, 2.75) is 43.9 Å². The number of carbonyl (C=O) groups excluding carboxylic acids is 1. The second-order valence-corrected chi connectivity index (χ2v) is 7.80. The summed E-state index contributed by atoms with van der Waals surface area (Å²) in [5, 5.41) is 0. The number of hydrogen-bond acceptors (Lipinski definition) is 4. The maximum Gasteiger partial charge on any atom is 0.311 e. The lowest BCUT2D eigenvalue weighted by atomic mass is 10.1. The van der Waals surface area contributed by atoms with Crippen LogP contribution in [0.1, 0.15) is 38.2 Å². The first-order valence-electron chi connectivity index (χ1n) is 8.85. The van der Waals surface area contributed by atoms with E-state index in [4.69, 9.17) is 4.74 Å². The highest BCUT2D eigenvalue weighted by Gasteiger charge is 2.12. The molecule has 5 nitrogen and oxygen atoms in total. The Morgan fingerprint density at radius 1 is 1.00 bits per heavy atom. The third-order valence-corrected chi connectivity index (χ3v) is 5.38. The van der Waals surface area contributed by atoms with E-state index < -0.39 is 10.0 Å². The van der Waals surface area contributed by atoms with Gasteiger partial charge < -0.3 is 4.74 Å². The number of esters is 1. The number of carbonyl (C=O) groups is 1. The van der Waals surface area contributed by atoms with Gasteiger partial charge in [0.2, 0.25) is 10.0 Å². The fourth-order valence-corrected chi connectivity index (χ4v) is 3.49. The fourth-order valence-electron chi connectivity index (χ4n) is 2.44. The maximum absolute atomic E-state index is 12.1. The highest BCUT2D eigenvalue weighted by Crippen LogP contribution is 2.14. The van der Waals surface area contributed by atoms with Crippen LogP contribution in [0.4, 0.5) is 0 Å². The van der Waals surface area contributed by atoms with E-state index in [0.29, 0.717) is 25.1 Å². The molecule has 0 radical (unpaired) electrons. The van der Waals surface area contributed by atoms with Crippen molar-refractivity contribution >= 4 is 16.0 Å². The maximum atomic E-state index is 12.1. The molecule has 140 valence electrons. The molecule has 0 bridgehead atoms. The Hall–Kier alpha value is -2.18. The van der Waals surface area contributed by atoms with Crippen molar-refractivity contribution in [3.05, 3.63) is 60.2 Å². The van der Waals surface area contributed by atoms with Gasteiger partial charge >= 0.3 is 5.97 Å². The number of nitrogens with one attached hydrogen (secondary N) is 1. The van der Waals surface area contributed by atoms with Crippen LogP contribution < -0.4 is 9.46 Å². The number of rotatable bonds is 10. The van der Waals surface area contributed by atoms with Crippen LogP contribution >= 0.6 is 0 Å². The average molecular weight is 375 g/mol. The molecule has 0 aromatic heterocycles. The van der Waals surface area contributed by atoms with E-state index >= 15 is 0 Å². The highest BCUT2D eigenvalue weighted by molar-refractivity contribution is 7.89. The normalized spacial score (nSPS) is 11.3. The predicted octanol–water partition coefficient (Wildman–Crippen LogP) is 3.69. The molecule has 2 rings (SSSR count). The summed E-state index contributed by atoms with van der Waals surface area (Å²) in [4.78, 5) is 11.9. The largest absolute Gasteiger partial charge is 0.427 e. The number of hydrogen-bond donors (Lipinski definition) is 1. The summed E-state index contributed by atoms with van der Waals surface area (Å²) < 4.78 is 32.1. The molecule has 6 heteroatoms. The molecule has 0 spiro atoms. The van der Waals surface area contributed by atoms with Crippen LogP contribution in [0, 0.1) is 0 Å². The molecule has 26 heavy (non-hydrogen) atoms. The zero-order chi connectivity index (χ0) is 18.8. The Morgan fingerprint density at radius 2 is 1.69 bits per heavy atom. The monoisotopic (exact) mass is 375 g/mol. The van der Waals surface area contributed by atoms with Gasteiger partial charge in [0.25, 0.3) is 0 Å². The lowest BCUT2D eigenvalue weighted by Gasteiger charge is -2.08. The molecule has 0 atom stereocenters. The van der Waals surface area contributed by atoms with Gasteiger partial charge in [0.1, 0.15) is 5.75 Å². The zero-order valence-corrected chi connectivity index (χ0v) is 15.8. The Kier molecular flexibility index (Phi) is 7.81. The van der Waals surface area contributed by atoms with Crippen LogP contribution in [0.15, 0.2) is 59.5 Å². The second kappa shape index (κ2) is 10.1. The first kappa shape index (κ1) is 20.1. The topological polar surface area (TPSA) is 72.5 Å². The smallest absolute Gasteiger partial charge is 0.311 e. The minimum atomic E-state index is -3.49. The van der Waals surface area contributed by atoms with E-state index in [1.54, 1.807) is 42.5 Å². The van der Waals surface area contributed by atoms with Crippen LogP contribution in [-0.2, 0) is 21.2 Å². The lowest BCUT2D eigenvalue weighted by molar-refractivity contribution is -0.134. The number of unbranched alkanes of at least 4 members (excludes halogenated alkanes) is 2. The zero-order valence-electron chi connectivity index (χ0n) is 15.0. The third kappa shape index (κ3) is 6.61. The minimum absolute atomic E-state index is 0.221. The molecule has 0 saturated carbocycles. The molecule has 0 aliphatic carbocycles. The van der Waals surface area contributed by atoms with E-state index in [2.05, 4.69) is 11.6 Å². The van der Waals surface area contributed by atoms with Gasteiger partial charge in [0, 0.05) is 13.0 Å². The Labute approximate surface area is 155 Å². The molecule has 0 aliphatic rings. The van der Waals surface area contributed by atoms with Crippen LogP contribution in [0.3, 0.4) is 0 Å². The van der Waals surface area contributed by atoms with Crippen molar-refractivity contribution in [3.8, 4) is 5.75 Å². The summed E-state index contributed by atoms with van der Waals surface area (Å²) in [6.45, 7) is 2.39. The van der Waals surface area contributed by atoms with Crippen molar-refractivity contribution in [1.29, 1.82) is 0 Å². The summed E-state index contributed by atoms with van der Waals surface area (Å²) in [7, 11) is -3.49. The van der Waals surface area contributed by atoms with Gasteiger partial charge in [-0.1, -0.05) is 50.1 Å². The summed E-state index contributed by atoms with van der Waals surface area (Å²) in [6.07, 6.45) is 3.91. The van der Waals surface area contributed by atoms with E-state index in [1.807, 2.05) is 12.1 Å². The van der Waals surface area contributed by atoms with Crippen LogP contribution in [0.25, 0.3) is 0 Å². The summed E-state index contributed by atoms with van der Waals surface area (Å²) >= 11 is 0. The average Bonchev–Trinajstić information content (AvgIpc) is 2.64. The predicted molar refractivity (Wildman–Crippen MR) is 102 cm³/mol. The quantitative estimate of drug-likeness (QED) is 0.390. The van der Waals surface area contributed by atoms with Crippen molar-refractivity contribution in [2.75, 3.05) is 6.54 Å². The standard InChI is InChI=1S/C20H25NO4S/c1-2-3-5-10-20(22)25-18-13-11-17(12-14-18)15-16-21-26(23,24)19-8-6-4-7-9-19/h4,6-9,11-14,21H,2-3,5,10,15-16H2,1H3. The van der Waals surface area contributed by atoms with Gasteiger partial charge in [-0.05, 0) is 42.7 Å². The van der Waals surface area contributed by atoms with Crippen molar-refractivity contribution in [1.82, 2.24) is 4.72 Å². The Bertz CT molecular complexity index is 786. The molecule has 0 amide bonds. The van der Waals surface area contributed by atoms with Gasteiger partial charge in [-0.15, -0.1) is 0 Å². The fraction of sp³-hybridized carbons (Fsp3) is 0.350. The van der Waals surface area contributed by atoms with Gasteiger partial charge in [-0.3, -0.25) is 4.79 Å². The summed E-state index contributed by atoms with van der Waals surface area (Å²) in [5.74, 6) is 0.293. The van der Waals surface area contributed by atoms with Crippen LogP contribution in [-0.4, -0.2) is 20.9 Å². The third-order valence-electron chi connectivity index (χ3n) is 3.90. The van der Waals surface area contributed by atoms with Crippen molar-refractivity contribution in [2.24, 2.45) is 0 Å². The first-order valence-corrected chi connectivity index (χ1v) is 10.3. The lowest BCUT2D eigenvalue weighted by Crippen LogP contribution is -2.25. The molecule has 0 fully saturated rings. The Morgan fingerprint density at radius 3 is 2.35 bits per heavy atom. The molecular formula is C20H25NO4S. The Balaban J connectivity index is 1.79. The van der Waals surface area contributed by atoms with Crippen molar-refractivity contribution in [3.63, 3.8) is 0 Å². The second-order valence-electron chi connectivity index (χ2n) is 6.04. The SMILES string of the molecule is CCCCCC(=O)Oc1ccc(CCNS(=O)(=O)c2ccccc2)cc1. The van der Waals surface area contributed by atoms with E-state index in [9.17, 15) is 13.2 Å². The first-order chi connectivity index (χ1) is 12.5. The molecular weight excluding hydrogens is 350 g/mol. The highest BCUT2D eigenvalue weighted by atomic mass is 32.2. The molecule has 1 N–H and O–H groups in total. The van der Waals surface area contributed by atoms with Crippen LogP contribution in [0.5, 0.6) is 5.75 Å². The van der Waals surface area contributed by atoms with Gasteiger partial charge in [0.05, 0.1) is 4.90 Å². The van der Waals surface area contributed by atoms with E-state index in [0.717, 1.165) is 24.8 Å². The van der Waals surface area contributed by atoms with Gasteiger partial charge in [0.15, 0.2) is 0 Å². The molecule has 0 aliphatic heterocycles. The molecule has 0 saturated heterocycles. The summed E-state index contributed by atoms with van der Waals surface area (Å²) in [6, 6.07) is 15.4. The number of sulfonamides is 1. The molecule has 0 unspecified atom stereocenters. The molecule has 2 aromatic carbocycles. The number of ether oxygens (including phenoxy) is 1. The van der Waals surface area contributed by atoms with Gasteiger partial charge in [-0.25, -0.2) is 13.1 Å². The van der Waals surface area contributed by atoms with Crippen molar-refractivity contribution < 1.29 is 17.9 Å². The van der Waals surface area contributed by atoms with Gasteiger partial charge in [-0.2, -0.15) is 0 Å². The van der Waals surface area contributed by atoms with E-state index in [-0.39, 0.29) is 10.9 Å².